The standard InChI is InChI=1S/C17H27N5.HI/c1-4-5-12-21(3)17(18-2)19-11-8-13-22-14-20-15-9-6-7-10-16(15)22;/h6-7,9-10,14H,4-5,8,11-13H2,1-3H3,(H,18,19);1H. The molecule has 0 aliphatic carbocycles. The lowest BCUT2D eigenvalue weighted by Crippen LogP contribution is -2.39. The zero-order valence-electron chi connectivity index (χ0n) is 14.3. The van der Waals surface area contributed by atoms with Crippen LogP contribution in [0.2, 0.25) is 0 Å². The molecule has 0 saturated carbocycles. The summed E-state index contributed by atoms with van der Waals surface area (Å²) in [4.78, 5) is 10.9. The molecule has 0 atom stereocenters. The van der Waals surface area contributed by atoms with Crippen LogP contribution in [0.3, 0.4) is 0 Å². The number of hydrogen-bond acceptors (Lipinski definition) is 2. The molecule has 2 aromatic rings. The Bertz CT molecular complexity index is 608. The fourth-order valence-corrected chi connectivity index (χ4v) is 2.52. The van der Waals surface area contributed by atoms with Gasteiger partial charge in [0, 0.05) is 33.7 Å². The Hall–Kier alpha value is -1.31. The topological polar surface area (TPSA) is 45.5 Å². The minimum Gasteiger partial charge on any atom is -0.356 e. The van der Waals surface area contributed by atoms with E-state index in [-0.39, 0.29) is 24.0 Å². The number of fused-ring (bicyclic) bond motifs is 1. The van der Waals surface area contributed by atoms with Gasteiger partial charge in [0.25, 0.3) is 0 Å². The Morgan fingerprint density at radius 3 is 2.83 bits per heavy atom. The van der Waals surface area contributed by atoms with Gasteiger partial charge in [-0.1, -0.05) is 25.5 Å². The van der Waals surface area contributed by atoms with Crippen LogP contribution in [0.1, 0.15) is 26.2 Å². The zero-order valence-corrected chi connectivity index (χ0v) is 16.7. The SMILES string of the molecule is CCCCN(C)C(=NC)NCCCn1cnc2ccccc21.I. The first-order valence-corrected chi connectivity index (χ1v) is 8.08. The molecule has 23 heavy (non-hydrogen) atoms. The van der Waals surface area contributed by atoms with E-state index in [0.29, 0.717) is 0 Å². The van der Waals surface area contributed by atoms with Crippen LogP contribution in [0.25, 0.3) is 11.0 Å². The molecule has 0 radical (unpaired) electrons. The molecule has 1 aromatic heterocycles. The predicted molar refractivity (Wildman–Crippen MR) is 109 cm³/mol. The third-order valence-electron chi connectivity index (χ3n) is 3.81. The van der Waals surface area contributed by atoms with Crippen LogP contribution in [-0.4, -0.2) is 47.6 Å². The van der Waals surface area contributed by atoms with Gasteiger partial charge in [0.2, 0.25) is 0 Å². The third kappa shape index (κ3) is 5.67. The molecule has 0 aliphatic heterocycles. The number of hydrogen-bond donors (Lipinski definition) is 1. The van der Waals surface area contributed by atoms with E-state index in [0.717, 1.165) is 37.5 Å². The highest BCUT2D eigenvalue weighted by Gasteiger charge is 2.05. The summed E-state index contributed by atoms with van der Waals surface area (Å²) in [5, 5.41) is 3.43. The number of para-hydroxylation sites is 2. The van der Waals surface area contributed by atoms with E-state index in [4.69, 9.17) is 0 Å². The van der Waals surface area contributed by atoms with E-state index in [1.54, 1.807) is 0 Å². The van der Waals surface area contributed by atoms with Gasteiger partial charge >= 0.3 is 0 Å². The predicted octanol–water partition coefficient (Wildman–Crippen LogP) is 3.35. The number of unbranched alkanes of at least 4 members (excludes halogenated alkanes) is 1. The number of aryl methyl sites for hydroxylation is 1. The summed E-state index contributed by atoms with van der Waals surface area (Å²) in [5.41, 5.74) is 2.26. The average Bonchev–Trinajstić information content (AvgIpc) is 2.96. The molecule has 1 aromatic carbocycles. The van der Waals surface area contributed by atoms with Crippen LogP contribution in [0.5, 0.6) is 0 Å². The largest absolute Gasteiger partial charge is 0.356 e. The number of benzene rings is 1. The number of aromatic nitrogens is 2. The summed E-state index contributed by atoms with van der Waals surface area (Å²) in [6.45, 7) is 5.13. The van der Waals surface area contributed by atoms with E-state index in [1.807, 2.05) is 19.4 Å². The molecule has 2 rings (SSSR count). The Kier molecular flexibility index (Phi) is 8.98. The number of rotatable bonds is 7. The van der Waals surface area contributed by atoms with Crippen LogP contribution >= 0.6 is 24.0 Å². The van der Waals surface area contributed by atoms with Gasteiger partial charge in [0.1, 0.15) is 0 Å². The van der Waals surface area contributed by atoms with E-state index >= 15 is 0 Å². The maximum Gasteiger partial charge on any atom is 0.193 e. The first kappa shape index (κ1) is 19.7. The third-order valence-corrected chi connectivity index (χ3v) is 3.81. The molecule has 1 heterocycles. The van der Waals surface area contributed by atoms with E-state index in [1.165, 1.54) is 18.4 Å². The first-order valence-electron chi connectivity index (χ1n) is 8.08. The van der Waals surface area contributed by atoms with Gasteiger partial charge < -0.3 is 14.8 Å². The van der Waals surface area contributed by atoms with Crippen LogP contribution in [0, 0.1) is 0 Å². The van der Waals surface area contributed by atoms with Gasteiger partial charge in [-0.25, -0.2) is 4.98 Å². The second kappa shape index (κ2) is 10.5. The van der Waals surface area contributed by atoms with Crippen molar-refractivity contribution in [2.45, 2.75) is 32.7 Å². The van der Waals surface area contributed by atoms with E-state index < -0.39 is 0 Å². The van der Waals surface area contributed by atoms with Crippen LogP contribution in [0.15, 0.2) is 35.6 Å². The molecule has 0 aliphatic rings. The first-order chi connectivity index (χ1) is 10.8. The molecule has 1 N–H and O–H groups in total. The summed E-state index contributed by atoms with van der Waals surface area (Å²) in [7, 11) is 3.93. The van der Waals surface area contributed by atoms with Gasteiger partial charge in [-0.3, -0.25) is 4.99 Å². The van der Waals surface area contributed by atoms with Crippen molar-refractivity contribution in [2.75, 3.05) is 27.2 Å². The summed E-state index contributed by atoms with van der Waals surface area (Å²) in [6.07, 6.45) is 5.36. The normalized spacial score (nSPS) is 11.3. The summed E-state index contributed by atoms with van der Waals surface area (Å²) in [6, 6.07) is 8.25. The molecule has 0 bridgehead atoms. The molecule has 5 nitrogen and oxygen atoms in total. The van der Waals surface area contributed by atoms with Crippen molar-refractivity contribution in [3.63, 3.8) is 0 Å². The minimum atomic E-state index is 0. The monoisotopic (exact) mass is 429 g/mol. The van der Waals surface area contributed by atoms with Crippen molar-refractivity contribution in [1.29, 1.82) is 0 Å². The maximum absolute atomic E-state index is 4.42. The fraction of sp³-hybridized carbons (Fsp3) is 0.529. The summed E-state index contributed by atoms with van der Waals surface area (Å²) < 4.78 is 2.21. The zero-order chi connectivity index (χ0) is 15.8. The van der Waals surface area contributed by atoms with Crippen LogP contribution < -0.4 is 5.32 Å². The van der Waals surface area contributed by atoms with Gasteiger partial charge in [-0.2, -0.15) is 0 Å². The van der Waals surface area contributed by atoms with Gasteiger partial charge in [0.15, 0.2) is 5.96 Å². The van der Waals surface area contributed by atoms with Crippen molar-refractivity contribution >= 4 is 41.0 Å². The van der Waals surface area contributed by atoms with Crippen LogP contribution in [0.4, 0.5) is 0 Å². The molecular weight excluding hydrogens is 401 g/mol. The van der Waals surface area contributed by atoms with E-state index in [9.17, 15) is 0 Å². The highest BCUT2D eigenvalue weighted by molar-refractivity contribution is 14.0. The molecule has 6 heteroatoms. The van der Waals surface area contributed by atoms with Crippen LogP contribution in [-0.2, 0) is 6.54 Å². The second-order valence-corrected chi connectivity index (χ2v) is 5.53. The lowest BCUT2D eigenvalue weighted by Gasteiger charge is -2.21. The number of nitrogens with zero attached hydrogens (tertiary/aromatic N) is 4. The maximum atomic E-state index is 4.42. The Balaban J connectivity index is 0.00000264. The molecule has 0 fully saturated rings. The molecule has 0 unspecified atom stereocenters. The Morgan fingerprint density at radius 1 is 1.30 bits per heavy atom. The van der Waals surface area contributed by atoms with Crippen molar-refractivity contribution in [3.8, 4) is 0 Å². The number of guanidine groups is 1. The lowest BCUT2D eigenvalue weighted by molar-refractivity contribution is 0.462. The minimum absolute atomic E-state index is 0. The summed E-state index contributed by atoms with van der Waals surface area (Å²) in [5.74, 6) is 0.976. The van der Waals surface area contributed by atoms with Gasteiger partial charge in [-0.15, -0.1) is 24.0 Å². The Labute approximate surface area is 156 Å². The highest BCUT2D eigenvalue weighted by Crippen LogP contribution is 2.11. The van der Waals surface area contributed by atoms with Crippen molar-refractivity contribution in [1.82, 2.24) is 19.8 Å². The molecule has 0 spiro atoms. The number of imidazole rings is 1. The number of nitrogens with one attached hydrogen (secondary N) is 1. The average molecular weight is 429 g/mol. The van der Waals surface area contributed by atoms with Gasteiger partial charge in [-0.05, 0) is 25.0 Å². The van der Waals surface area contributed by atoms with Crippen molar-refractivity contribution in [2.24, 2.45) is 4.99 Å². The number of aliphatic imine (C=N–C) groups is 1. The molecule has 128 valence electrons. The van der Waals surface area contributed by atoms with Crippen molar-refractivity contribution < 1.29 is 0 Å². The Morgan fingerprint density at radius 2 is 2.09 bits per heavy atom. The quantitative estimate of drug-likeness (QED) is 0.318. The highest BCUT2D eigenvalue weighted by atomic mass is 127. The number of halogens is 1. The second-order valence-electron chi connectivity index (χ2n) is 5.53. The molecular formula is C17H28IN5. The smallest absolute Gasteiger partial charge is 0.193 e. The van der Waals surface area contributed by atoms with Crippen molar-refractivity contribution in [3.05, 3.63) is 30.6 Å². The molecule has 0 saturated heterocycles. The fourth-order valence-electron chi connectivity index (χ4n) is 2.52. The van der Waals surface area contributed by atoms with E-state index in [2.05, 4.69) is 56.9 Å². The molecule has 0 amide bonds. The van der Waals surface area contributed by atoms with Gasteiger partial charge in [0.05, 0.1) is 17.4 Å². The lowest BCUT2D eigenvalue weighted by atomic mass is 10.3. The summed E-state index contributed by atoms with van der Waals surface area (Å²) >= 11 is 0.